The van der Waals surface area contributed by atoms with E-state index in [4.69, 9.17) is 5.73 Å². The van der Waals surface area contributed by atoms with E-state index in [0.717, 1.165) is 12.8 Å². The average molecular weight is 947 g/mol. The molecule has 2 aliphatic rings. The summed E-state index contributed by atoms with van der Waals surface area (Å²) in [6.07, 6.45) is 2.07. The zero-order valence-electron chi connectivity index (χ0n) is 40.5. The highest BCUT2D eigenvalue weighted by molar-refractivity contribution is 5.97. The molecule has 67 heavy (non-hydrogen) atoms. The Kier molecular flexibility index (Phi) is 25.9. The van der Waals surface area contributed by atoms with E-state index < -0.39 is 107 Å². The van der Waals surface area contributed by atoms with Crippen molar-refractivity contribution in [1.82, 2.24) is 26.2 Å². The maximum atomic E-state index is 13.6. The van der Waals surface area contributed by atoms with Gasteiger partial charge in [-0.2, -0.15) is 0 Å². The smallest absolute Gasteiger partial charge is 0.306 e. The minimum Gasteiger partial charge on any atom is -0.481 e. The van der Waals surface area contributed by atoms with Crippen LogP contribution in [0.4, 0.5) is 0 Å². The van der Waals surface area contributed by atoms with Gasteiger partial charge in [0.2, 0.25) is 29.5 Å². The van der Waals surface area contributed by atoms with Gasteiger partial charge in [-0.05, 0) is 63.7 Å². The number of carbonyl (C=O) groups is 11. The molecule has 0 aromatic carbocycles. The Labute approximate surface area is 395 Å². The van der Waals surface area contributed by atoms with Crippen molar-refractivity contribution in [2.75, 3.05) is 19.6 Å². The molecule has 2 heterocycles. The van der Waals surface area contributed by atoms with Gasteiger partial charge in [-0.25, -0.2) is 0 Å². The summed E-state index contributed by atoms with van der Waals surface area (Å²) in [5.74, 6) is -8.56. The Morgan fingerprint density at radius 1 is 0.731 bits per heavy atom. The molecule has 2 saturated heterocycles. The number of rotatable bonds is 34. The van der Waals surface area contributed by atoms with Gasteiger partial charge in [0.25, 0.3) is 0 Å². The van der Waals surface area contributed by atoms with Crippen LogP contribution in [0.3, 0.4) is 0 Å². The van der Waals surface area contributed by atoms with Crippen LogP contribution in [0.15, 0.2) is 0 Å². The maximum absolute atomic E-state index is 13.6. The number of Topliss-reactive ketones (excluding diaryl/α,β-unsaturated/α-hetero) is 5. The number of aliphatic hydroxyl groups excluding tert-OH is 1. The summed E-state index contributed by atoms with van der Waals surface area (Å²) in [4.78, 5) is 144. The number of β-amino-alcohol motifs (C(OH)–C–C–N with tert-alkyl or cyclic N) is 1. The fraction of sp³-hybridized carbons (Fsp3) is 0.771. The topological polar surface area (TPSA) is 306 Å². The number of unbranched alkanes of at least 4 members (excludes halogenated alkanes) is 2. The number of nitrogens with zero attached hydrogens (tertiary/aromatic N) is 1. The van der Waals surface area contributed by atoms with Gasteiger partial charge in [0.05, 0.1) is 42.7 Å². The van der Waals surface area contributed by atoms with Gasteiger partial charge in [-0.3, -0.25) is 52.7 Å². The molecule has 2 rings (SSSR count). The van der Waals surface area contributed by atoms with Gasteiger partial charge in [0.1, 0.15) is 5.78 Å². The van der Waals surface area contributed by atoms with Crippen molar-refractivity contribution in [3.8, 4) is 0 Å². The summed E-state index contributed by atoms with van der Waals surface area (Å²) in [5, 5.41) is 30.1. The van der Waals surface area contributed by atoms with Crippen molar-refractivity contribution in [1.29, 1.82) is 0 Å². The molecule has 0 aromatic rings. The van der Waals surface area contributed by atoms with E-state index in [9.17, 15) is 63.0 Å². The summed E-state index contributed by atoms with van der Waals surface area (Å²) < 4.78 is 0. The molecule has 0 bridgehead atoms. The number of nitrogens with two attached hydrogens (primary N) is 1. The van der Waals surface area contributed by atoms with Crippen molar-refractivity contribution in [2.45, 2.75) is 187 Å². The van der Waals surface area contributed by atoms with Gasteiger partial charge < -0.3 is 42.1 Å². The number of carboxylic acids is 1. The third-order valence-corrected chi connectivity index (χ3v) is 12.5. The fourth-order valence-electron chi connectivity index (χ4n) is 8.74. The number of ketones is 5. The highest BCUT2D eigenvalue weighted by Crippen LogP contribution is 2.25. The first-order chi connectivity index (χ1) is 31.5. The third-order valence-electron chi connectivity index (χ3n) is 12.5. The summed E-state index contributed by atoms with van der Waals surface area (Å²) in [7, 11) is 0. The molecule has 0 aliphatic carbocycles. The van der Waals surface area contributed by atoms with E-state index in [1.807, 2.05) is 34.6 Å². The molecule has 0 aromatic heterocycles. The number of carboxylic acid groups (broad SMARTS) is 1. The van der Waals surface area contributed by atoms with Gasteiger partial charge in [0, 0.05) is 76.3 Å². The first-order valence-corrected chi connectivity index (χ1v) is 24.2. The maximum Gasteiger partial charge on any atom is 0.306 e. The van der Waals surface area contributed by atoms with Gasteiger partial charge in [0.15, 0.2) is 23.1 Å². The number of likely N-dealkylation sites (tertiary alicyclic amines) is 1. The quantitative estimate of drug-likeness (QED) is 0.0456. The molecule has 5 amide bonds. The van der Waals surface area contributed by atoms with Crippen LogP contribution in [0, 0.1) is 29.6 Å². The van der Waals surface area contributed by atoms with Crippen LogP contribution in [0.5, 0.6) is 0 Å². The minimum absolute atomic E-state index is 0.0248. The van der Waals surface area contributed by atoms with E-state index in [2.05, 4.69) is 21.3 Å². The van der Waals surface area contributed by atoms with Crippen LogP contribution in [-0.4, -0.2) is 129 Å². The lowest BCUT2D eigenvalue weighted by Crippen LogP contribution is -2.45. The molecule has 2 fully saturated rings. The number of carbonyl (C=O) groups excluding carboxylic acids is 10. The van der Waals surface area contributed by atoms with Crippen LogP contribution in [0.25, 0.3) is 0 Å². The molecule has 0 saturated carbocycles. The molecule has 19 nitrogen and oxygen atoms in total. The number of hydrogen-bond acceptors (Lipinski definition) is 13. The Morgan fingerprint density at radius 2 is 1.39 bits per heavy atom. The van der Waals surface area contributed by atoms with Crippen molar-refractivity contribution in [2.24, 2.45) is 35.3 Å². The summed E-state index contributed by atoms with van der Waals surface area (Å²) >= 11 is 0. The largest absolute Gasteiger partial charge is 0.481 e. The van der Waals surface area contributed by atoms with Crippen LogP contribution in [0.1, 0.15) is 157 Å². The molecule has 0 unspecified atom stereocenters. The Morgan fingerprint density at radius 3 is 1.97 bits per heavy atom. The van der Waals surface area contributed by atoms with E-state index in [1.165, 1.54) is 11.8 Å². The summed E-state index contributed by atoms with van der Waals surface area (Å²) in [6.45, 7) is 11.0. The van der Waals surface area contributed by atoms with Gasteiger partial charge in [-0.15, -0.1) is 0 Å². The number of amides is 5. The highest BCUT2D eigenvalue weighted by Gasteiger charge is 2.37. The van der Waals surface area contributed by atoms with Crippen molar-refractivity contribution in [3.05, 3.63) is 0 Å². The second-order valence-electron chi connectivity index (χ2n) is 19.4. The molecule has 378 valence electrons. The predicted octanol–water partition coefficient (Wildman–Crippen LogP) is 2.25. The lowest BCUT2D eigenvalue weighted by Gasteiger charge is -2.25. The molecule has 8 atom stereocenters. The number of aliphatic hydroxyl groups is 1. The molecule has 2 aliphatic heterocycles. The summed E-state index contributed by atoms with van der Waals surface area (Å²) in [5.41, 5.74) is 5.33. The number of aliphatic carboxylic acids is 1. The Hall–Kier alpha value is -4.91. The molecular formula is C48H78N6O13. The molecule has 0 radical (unpaired) electrons. The van der Waals surface area contributed by atoms with E-state index in [1.54, 1.807) is 0 Å². The highest BCUT2D eigenvalue weighted by atomic mass is 16.4. The van der Waals surface area contributed by atoms with Crippen LogP contribution in [-0.2, 0) is 52.7 Å². The van der Waals surface area contributed by atoms with E-state index >= 15 is 0 Å². The van der Waals surface area contributed by atoms with Crippen molar-refractivity contribution < 1.29 is 63.0 Å². The zero-order chi connectivity index (χ0) is 50.4. The lowest BCUT2D eigenvalue weighted by atomic mass is 9.88. The zero-order valence-corrected chi connectivity index (χ0v) is 40.5. The first-order valence-electron chi connectivity index (χ1n) is 24.2. The van der Waals surface area contributed by atoms with Crippen molar-refractivity contribution >= 4 is 64.4 Å². The van der Waals surface area contributed by atoms with Crippen LogP contribution in [0.2, 0.25) is 0 Å². The minimum atomic E-state index is -1.17. The SMILES string of the molecule is CCCCC[C@H](CC(=O)[C@@H]1CCCN1C(=O)CCC(=O)[C@H](C)NC(=O)[C@@H](CC(=O)CNC(=O)[C@@H](CC(=O)[C@H](CCC(N)=O)NC(=O)CCC(=O)[C@@H]1C[C@H](O)CN1)CC(C)C)CC(C)C)C(=O)O. The molecule has 0 spiro atoms. The van der Waals surface area contributed by atoms with Gasteiger partial charge >= 0.3 is 5.97 Å². The lowest BCUT2D eigenvalue weighted by molar-refractivity contribution is -0.145. The van der Waals surface area contributed by atoms with E-state index in [0.29, 0.717) is 32.2 Å². The van der Waals surface area contributed by atoms with E-state index in [-0.39, 0.29) is 107 Å². The van der Waals surface area contributed by atoms with Gasteiger partial charge in [-0.1, -0.05) is 53.9 Å². The normalized spacial score (nSPS) is 19.2. The number of primary amides is 1. The molecule has 19 heteroatoms. The standard InChI is InChI=1S/C48H78N6O13/c1-7-8-9-11-31(48(66)67)23-42(60)38-12-10-19-54(38)45(63)18-15-39(57)30(6)52-47(65)32(20-28(2)3)22-34(55)27-51-46(64)33(21-29(4)5)24-41(59)36(13-16-43(49)61)53-44(62)17-14-40(58)37-25-35(56)26-50-37/h28-33,35-38,50,56H,7-27H2,1-6H3,(H2,49,61)(H,51,64)(H,52,65)(H,53,62)(H,66,67)/t30-,31+,32+,33+,35-,36-,37-,38-/m0/s1. The van der Waals surface area contributed by atoms with Crippen molar-refractivity contribution in [3.63, 3.8) is 0 Å². The van der Waals surface area contributed by atoms with Crippen LogP contribution >= 0.6 is 0 Å². The predicted molar refractivity (Wildman–Crippen MR) is 247 cm³/mol. The molecular weight excluding hydrogens is 869 g/mol. The monoisotopic (exact) mass is 947 g/mol. The second kappa shape index (κ2) is 29.8. The Bertz CT molecular complexity index is 1750. The molecule has 8 N–H and O–H groups in total. The third kappa shape index (κ3) is 21.7. The number of nitrogens with one attached hydrogen (secondary N) is 4. The fourth-order valence-corrected chi connectivity index (χ4v) is 8.74. The second-order valence-corrected chi connectivity index (χ2v) is 19.4. The average Bonchev–Trinajstić information content (AvgIpc) is 3.93. The number of hydrogen-bond donors (Lipinski definition) is 7. The first kappa shape index (κ1) is 58.2. The summed E-state index contributed by atoms with van der Waals surface area (Å²) in [6, 6.07) is -3.49. The Balaban J connectivity index is 1.98. The van der Waals surface area contributed by atoms with Crippen LogP contribution < -0.4 is 27.0 Å².